The first-order valence-electron chi connectivity index (χ1n) is 12.3. The zero-order valence-corrected chi connectivity index (χ0v) is 21.7. The molecule has 1 saturated carbocycles. The van der Waals surface area contributed by atoms with Crippen LogP contribution < -0.4 is 10.1 Å². The fourth-order valence-corrected chi connectivity index (χ4v) is 6.25. The van der Waals surface area contributed by atoms with Crippen LogP contribution in [0.1, 0.15) is 82.6 Å². The van der Waals surface area contributed by atoms with Crippen LogP contribution in [0.15, 0.2) is 6.33 Å². The Labute approximate surface area is 205 Å². The van der Waals surface area contributed by atoms with E-state index in [4.69, 9.17) is 9.47 Å². The molecule has 186 valence electrons. The monoisotopic (exact) mass is 488 g/mol. The number of ether oxygens (including phenoxy) is 2. The van der Waals surface area contributed by atoms with Crippen molar-refractivity contribution in [2.24, 2.45) is 0 Å². The number of carbonyl (C=O) groups excluding carboxylic acids is 2. The van der Waals surface area contributed by atoms with Gasteiger partial charge in [-0.25, -0.2) is 14.8 Å². The van der Waals surface area contributed by atoms with Crippen molar-refractivity contribution >= 4 is 33.6 Å². The predicted octanol–water partition coefficient (Wildman–Crippen LogP) is 4.80. The molecule has 1 N–H and O–H groups in total. The van der Waals surface area contributed by atoms with Gasteiger partial charge in [-0.05, 0) is 77.7 Å². The number of hydrogen-bond acceptors (Lipinski definition) is 7. The lowest BCUT2D eigenvalue weighted by molar-refractivity contribution is -0.121. The minimum absolute atomic E-state index is 0.0418. The molecule has 0 spiro atoms. The van der Waals surface area contributed by atoms with E-state index < -0.39 is 5.60 Å². The fourth-order valence-electron chi connectivity index (χ4n) is 5.02. The van der Waals surface area contributed by atoms with Crippen molar-refractivity contribution in [1.29, 1.82) is 0 Å². The van der Waals surface area contributed by atoms with Crippen LogP contribution in [0.4, 0.5) is 4.79 Å². The van der Waals surface area contributed by atoms with Gasteiger partial charge >= 0.3 is 6.09 Å². The van der Waals surface area contributed by atoms with Crippen LogP contribution in [-0.2, 0) is 16.0 Å². The van der Waals surface area contributed by atoms with Gasteiger partial charge in [-0.3, -0.25) is 4.79 Å². The maximum Gasteiger partial charge on any atom is 0.410 e. The maximum absolute atomic E-state index is 12.4. The molecule has 4 rings (SSSR count). The van der Waals surface area contributed by atoms with Gasteiger partial charge in [0.2, 0.25) is 11.8 Å². The first-order valence-corrected chi connectivity index (χ1v) is 13.1. The summed E-state index contributed by atoms with van der Waals surface area (Å²) in [5.41, 5.74) is 0.708. The van der Waals surface area contributed by atoms with Crippen LogP contribution in [0.5, 0.6) is 5.88 Å². The van der Waals surface area contributed by atoms with Crippen LogP contribution in [0.25, 0.3) is 10.2 Å². The Balaban J connectivity index is 1.44. The Morgan fingerprint density at radius 3 is 2.59 bits per heavy atom. The summed E-state index contributed by atoms with van der Waals surface area (Å²) in [5.74, 6) is 0.905. The summed E-state index contributed by atoms with van der Waals surface area (Å²) in [6.07, 6.45) is 7.18. The molecule has 34 heavy (non-hydrogen) atoms. The van der Waals surface area contributed by atoms with Gasteiger partial charge in [0.1, 0.15) is 22.9 Å². The third-order valence-corrected chi connectivity index (χ3v) is 7.83. The third-order valence-electron chi connectivity index (χ3n) is 6.65. The number of hydrogen-bond donors (Lipinski definition) is 1. The van der Waals surface area contributed by atoms with Crippen LogP contribution in [0, 0.1) is 0 Å². The molecule has 1 fully saturated rings. The molecule has 2 aliphatic carbocycles. The minimum Gasteiger partial charge on any atom is -0.474 e. The van der Waals surface area contributed by atoms with Crippen molar-refractivity contribution in [1.82, 2.24) is 20.2 Å². The Morgan fingerprint density at radius 2 is 1.91 bits per heavy atom. The lowest BCUT2D eigenvalue weighted by atomic mass is 9.92. The highest BCUT2D eigenvalue weighted by Gasteiger charge is 2.33. The second-order valence-electron chi connectivity index (χ2n) is 10.3. The quantitative estimate of drug-likeness (QED) is 0.628. The molecule has 2 amide bonds. The summed E-state index contributed by atoms with van der Waals surface area (Å²) in [5, 5.41) is 3.91. The summed E-state index contributed by atoms with van der Waals surface area (Å²) >= 11 is 1.70. The van der Waals surface area contributed by atoms with Crippen molar-refractivity contribution in [3.63, 3.8) is 0 Å². The van der Waals surface area contributed by atoms with Crippen LogP contribution >= 0.6 is 11.3 Å². The average Bonchev–Trinajstić information content (AvgIpc) is 3.33. The summed E-state index contributed by atoms with van der Waals surface area (Å²) in [7, 11) is 1.82. The number of aromatic nitrogens is 2. The molecule has 0 aromatic carbocycles. The maximum atomic E-state index is 12.4. The second-order valence-corrected chi connectivity index (χ2v) is 11.4. The van der Waals surface area contributed by atoms with Crippen LogP contribution in [0.2, 0.25) is 0 Å². The van der Waals surface area contributed by atoms with Crippen molar-refractivity contribution < 1.29 is 19.1 Å². The first-order chi connectivity index (χ1) is 16.2. The zero-order valence-electron chi connectivity index (χ0n) is 20.8. The number of nitrogens with zero attached hydrogens (tertiary/aromatic N) is 3. The van der Waals surface area contributed by atoms with E-state index in [1.807, 2.05) is 34.7 Å². The molecular weight excluding hydrogens is 452 g/mol. The SMILES string of the molecule is CCNC(=O)C[C@@H]1CCc2sc3ncnc(O[C@H]4CC[C@H](N(C)C(=O)OC(C)(C)C)CC4)c3c21. The van der Waals surface area contributed by atoms with E-state index in [2.05, 4.69) is 15.3 Å². The molecule has 0 unspecified atom stereocenters. The smallest absolute Gasteiger partial charge is 0.410 e. The first kappa shape index (κ1) is 24.7. The number of aryl methyl sites for hydroxylation is 1. The van der Waals surface area contributed by atoms with Crippen molar-refractivity contribution in [3.8, 4) is 5.88 Å². The number of fused-ring (bicyclic) bond motifs is 3. The summed E-state index contributed by atoms with van der Waals surface area (Å²) < 4.78 is 12.0. The lowest BCUT2D eigenvalue weighted by Crippen LogP contribution is -2.43. The summed E-state index contributed by atoms with van der Waals surface area (Å²) in [6, 6.07) is 0.145. The number of nitrogens with one attached hydrogen (secondary N) is 1. The molecule has 2 heterocycles. The van der Waals surface area contributed by atoms with E-state index in [1.54, 1.807) is 22.6 Å². The van der Waals surface area contributed by atoms with Gasteiger partial charge in [0.25, 0.3) is 0 Å². The minimum atomic E-state index is -0.500. The van der Waals surface area contributed by atoms with Crippen molar-refractivity contribution in [3.05, 3.63) is 16.8 Å². The van der Waals surface area contributed by atoms with E-state index in [0.717, 1.165) is 48.7 Å². The van der Waals surface area contributed by atoms with Crippen molar-refractivity contribution in [2.45, 2.75) is 96.3 Å². The highest BCUT2D eigenvalue weighted by Crippen LogP contribution is 2.47. The Hall–Kier alpha value is -2.42. The number of thiophene rings is 1. The van der Waals surface area contributed by atoms with Gasteiger partial charge in [-0.15, -0.1) is 11.3 Å². The van der Waals surface area contributed by atoms with E-state index >= 15 is 0 Å². The number of carbonyl (C=O) groups is 2. The third kappa shape index (κ3) is 5.45. The Bertz CT molecular complexity index is 1040. The molecule has 1 atom stereocenters. The van der Waals surface area contributed by atoms with E-state index in [1.165, 1.54) is 10.4 Å². The van der Waals surface area contributed by atoms with E-state index in [-0.39, 0.29) is 30.1 Å². The molecule has 9 heteroatoms. The second kappa shape index (κ2) is 10.1. The molecule has 0 bridgehead atoms. The predicted molar refractivity (Wildman–Crippen MR) is 132 cm³/mol. The van der Waals surface area contributed by atoms with Crippen LogP contribution in [0.3, 0.4) is 0 Å². The lowest BCUT2D eigenvalue weighted by Gasteiger charge is -2.35. The van der Waals surface area contributed by atoms with Crippen LogP contribution in [-0.4, -0.2) is 58.2 Å². The fraction of sp³-hybridized carbons (Fsp3) is 0.680. The van der Waals surface area contributed by atoms with Gasteiger partial charge in [0.15, 0.2) is 0 Å². The standard InChI is InChI=1S/C25H36N4O4S/c1-6-26-19(30)13-15-7-12-18-20(15)21-22(27-14-28-23(21)34-18)32-17-10-8-16(9-11-17)29(5)24(31)33-25(2,3)4/h14-17H,6-13H2,1-5H3,(H,26,30)/t15-,16-,17-/m0/s1. The van der Waals surface area contributed by atoms with E-state index in [0.29, 0.717) is 18.8 Å². The largest absolute Gasteiger partial charge is 0.474 e. The normalized spacial score (nSPS) is 22.3. The molecule has 0 aliphatic heterocycles. The van der Waals surface area contributed by atoms with Gasteiger partial charge in [0.05, 0.1) is 5.39 Å². The summed E-state index contributed by atoms with van der Waals surface area (Å²) in [6.45, 7) is 8.24. The van der Waals surface area contributed by atoms with Gasteiger partial charge in [-0.2, -0.15) is 0 Å². The average molecular weight is 489 g/mol. The number of amides is 2. The van der Waals surface area contributed by atoms with Gasteiger partial charge in [-0.1, -0.05) is 0 Å². The molecular formula is C25H36N4O4S. The highest BCUT2D eigenvalue weighted by atomic mass is 32.1. The van der Waals surface area contributed by atoms with Crippen molar-refractivity contribution in [2.75, 3.05) is 13.6 Å². The molecule has 0 saturated heterocycles. The molecule has 2 aromatic rings. The molecule has 2 aliphatic rings. The highest BCUT2D eigenvalue weighted by molar-refractivity contribution is 7.19. The Morgan fingerprint density at radius 1 is 1.18 bits per heavy atom. The molecule has 2 aromatic heterocycles. The molecule has 0 radical (unpaired) electrons. The topological polar surface area (TPSA) is 93.6 Å². The van der Waals surface area contributed by atoms with E-state index in [9.17, 15) is 9.59 Å². The van der Waals surface area contributed by atoms with Gasteiger partial charge < -0.3 is 19.7 Å². The molecule has 8 nitrogen and oxygen atoms in total. The Kier molecular flexibility index (Phi) is 7.31. The number of rotatable bonds is 6. The van der Waals surface area contributed by atoms with Gasteiger partial charge in [0, 0.05) is 30.9 Å². The zero-order chi connectivity index (χ0) is 24.5. The summed E-state index contributed by atoms with van der Waals surface area (Å²) in [4.78, 5) is 37.7.